The summed E-state index contributed by atoms with van der Waals surface area (Å²) in [6.07, 6.45) is 0. The SMILES string of the molecule is O=C(Nc1ccccc1[N+](=O)[O-])c1ccccc1-c1nc(-c2ccccc2Cl)no1. The molecule has 0 saturated heterocycles. The minimum atomic E-state index is -0.560. The summed E-state index contributed by atoms with van der Waals surface area (Å²) >= 11 is 6.19. The summed E-state index contributed by atoms with van der Waals surface area (Å²) in [6, 6.07) is 19.6. The van der Waals surface area contributed by atoms with Crippen LogP contribution in [0.3, 0.4) is 0 Å². The molecule has 1 heterocycles. The van der Waals surface area contributed by atoms with Gasteiger partial charge in [0.05, 0.1) is 21.1 Å². The normalized spacial score (nSPS) is 10.6. The lowest BCUT2D eigenvalue weighted by Crippen LogP contribution is -2.14. The van der Waals surface area contributed by atoms with Gasteiger partial charge < -0.3 is 9.84 Å². The first-order valence-corrected chi connectivity index (χ1v) is 9.15. The van der Waals surface area contributed by atoms with Crippen LogP contribution in [0.25, 0.3) is 22.8 Å². The Hall–Kier alpha value is -4.04. The average Bonchev–Trinajstić information content (AvgIpc) is 3.24. The van der Waals surface area contributed by atoms with Crippen molar-refractivity contribution in [2.75, 3.05) is 5.32 Å². The van der Waals surface area contributed by atoms with Gasteiger partial charge in [-0.05, 0) is 30.3 Å². The van der Waals surface area contributed by atoms with E-state index < -0.39 is 10.8 Å². The number of halogens is 1. The number of nitro benzene ring substituents is 1. The minimum Gasteiger partial charge on any atom is -0.334 e. The topological polar surface area (TPSA) is 111 Å². The van der Waals surface area contributed by atoms with Crippen LogP contribution in [0, 0.1) is 10.1 Å². The molecular weight excluding hydrogens is 408 g/mol. The van der Waals surface area contributed by atoms with Gasteiger partial charge >= 0.3 is 0 Å². The fraction of sp³-hybridized carbons (Fsp3) is 0. The van der Waals surface area contributed by atoms with Crippen molar-refractivity contribution in [1.82, 2.24) is 10.1 Å². The molecule has 148 valence electrons. The fourth-order valence-electron chi connectivity index (χ4n) is 2.88. The van der Waals surface area contributed by atoms with Gasteiger partial charge in [-0.15, -0.1) is 0 Å². The molecule has 9 heteroatoms. The third kappa shape index (κ3) is 3.76. The highest BCUT2D eigenvalue weighted by molar-refractivity contribution is 6.33. The summed E-state index contributed by atoms with van der Waals surface area (Å²) in [5.41, 5.74) is 1.09. The lowest BCUT2D eigenvalue weighted by molar-refractivity contribution is -0.383. The summed E-state index contributed by atoms with van der Waals surface area (Å²) in [5.74, 6) is -0.139. The van der Waals surface area contributed by atoms with Crippen LogP contribution in [0.4, 0.5) is 11.4 Å². The Bertz CT molecular complexity index is 1260. The van der Waals surface area contributed by atoms with E-state index in [0.717, 1.165) is 0 Å². The Morgan fingerprint density at radius 3 is 2.40 bits per heavy atom. The zero-order valence-corrected chi connectivity index (χ0v) is 16.0. The molecule has 0 aliphatic heterocycles. The number of hydrogen-bond acceptors (Lipinski definition) is 6. The number of nitro groups is 1. The zero-order chi connectivity index (χ0) is 21.1. The van der Waals surface area contributed by atoms with Crippen molar-refractivity contribution < 1.29 is 14.2 Å². The van der Waals surface area contributed by atoms with E-state index in [0.29, 0.717) is 16.1 Å². The molecule has 4 rings (SSSR count). The number of carbonyl (C=O) groups is 1. The van der Waals surface area contributed by atoms with Crippen LogP contribution < -0.4 is 5.32 Å². The minimum absolute atomic E-state index is 0.0876. The van der Waals surface area contributed by atoms with E-state index in [2.05, 4.69) is 15.5 Å². The third-order valence-electron chi connectivity index (χ3n) is 4.29. The molecule has 1 amide bonds. The maximum Gasteiger partial charge on any atom is 0.292 e. The van der Waals surface area contributed by atoms with Gasteiger partial charge in [-0.25, -0.2) is 0 Å². The third-order valence-corrected chi connectivity index (χ3v) is 4.62. The standard InChI is InChI=1S/C21H13ClN4O4/c22-16-10-4-3-9-15(16)19-24-21(30-25-19)14-8-2-1-7-13(14)20(27)23-17-11-5-6-12-18(17)26(28)29/h1-12H,(H,23,27). The number of nitrogens with one attached hydrogen (secondary N) is 1. The molecule has 0 radical (unpaired) electrons. The van der Waals surface area contributed by atoms with Crippen LogP contribution in [0.5, 0.6) is 0 Å². The maximum absolute atomic E-state index is 12.9. The second kappa shape index (κ2) is 8.14. The van der Waals surface area contributed by atoms with Crippen LogP contribution in [0.15, 0.2) is 77.3 Å². The van der Waals surface area contributed by atoms with Gasteiger partial charge in [-0.3, -0.25) is 14.9 Å². The Balaban J connectivity index is 1.68. The molecule has 4 aromatic rings. The van der Waals surface area contributed by atoms with Crippen LogP contribution >= 0.6 is 11.6 Å². The first-order valence-electron chi connectivity index (χ1n) is 8.77. The predicted molar refractivity (Wildman–Crippen MR) is 111 cm³/mol. The molecule has 8 nitrogen and oxygen atoms in total. The molecule has 3 aromatic carbocycles. The van der Waals surface area contributed by atoms with Crippen molar-refractivity contribution in [2.24, 2.45) is 0 Å². The highest BCUT2D eigenvalue weighted by Gasteiger charge is 2.21. The number of benzene rings is 3. The van der Waals surface area contributed by atoms with Gasteiger partial charge in [-0.2, -0.15) is 4.98 Å². The number of hydrogen-bond donors (Lipinski definition) is 1. The van der Waals surface area contributed by atoms with Crippen molar-refractivity contribution in [3.05, 3.63) is 93.5 Å². The maximum atomic E-state index is 12.9. The van der Waals surface area contributed by atoms with Gasteiger partial charge in [0.1, 0.15) is 5.69 Å². The lowest BCUT2D eigenvalue weighted by Gasteiger charge is -2.08. The highest BCUT2D eigenvalue weighted by Crippen LogP contribution is 2.30. The van der Waals surface area contributed by atoms with Crippen LogP contribution in [-0.2, 0) is 0 Å². The van der Waals surface area contributed by atoms with Gasteiger partial charge in [-0.1, -0.05) is 53.2 Å². The van der Waals surface area contributed by atoms with E-state index in [1.165, 1.54) is 18.2 Å². The van der Waals surface area contributed by atoms with E-state index in [-0.39, 0.29) is 28.7 Å². The average molecular weight is 421 g/mol. The van der Waals surface area contributed by atoms with Gasteiger partial charge in [0.15, 0.2) is 0 Å². The molecule has 0 fully saturated rings. The second-order valence-electron chi connectivity index (χ2n) is 6.18. The van der Waals surface area contributed by atoms with Crippen molar-refractivity contribution in [1.29, 1.82) is 0 Å². The molecule has 0 atom stereocenters. The largest absolute Gasteiger partial charge is 0.334 e. The Morgan fingerprint density at radius 2 is 1.63 bits per heavy atom. The van der Waals surface area contributed by atoms with Crippen molar-refractivity contribution >= 4 is 28.9 Å². The van der Waals surface area contributed by atoms with Crippen LogP contribution in [0.2, 0.25) is 5.02 Å². The molecule has 0 saturated carbocycles. The molecular formula is C21H13ClN4O4. The number of amides is 1. The summed E-state index contributed by atoms with van der Waals surface area (Å²) < 4.78 is 5.36. The first-order chi connectivity index (χ1) is 14.5. The summed E-state index contributed by atoms with van der Waals surface area (Å²) in [4.78, 5) is 27.9. The van der Waals surface area contributed by atoms with E-state index >= 15 is 0 Å². The summed E-state index contributed by atoms with van der Waals surface area (Å²) in [5, 5.41) is 18.2. The summed E-state index contributed by atoms with van der Waals surface area (Å²) in [6.45, 7) is 0. The van der Waals surface area contributed by atoms with Crippen molar-refractivity contribution in [3.63, 3.8) is 0 Å². The molecule has 0 bridgehead atoms. The monoisotopic (exact) mass is 420 g/mol. The van der Waals surface area contributed by atoms with E-state index in [4.69, 9.17) is 16.1 Å². The molecule has 0 aliphatic carbocycles. The van der Waals surface area contributed by atoms with Crippen molar-refractivity contribution in [2.45, 2.75) is 0 Å². The predicted octanol–water partition coefficient (Wildman–Crippen LogP) is 5.22. The number of nitrogens with zero attached hydrogens (tertiary/aromatic N) is 3. The first kappa shape index (κ1) is 19.3. The van der Waals surface area contributed by atoms with Crippen LogP contribution in [0.1, 0.15) is 10.4 Å². The Labute approximate surface area is 175 Å². The van der Waals surface area contributed by atoms with E-state index in [1.54, 1.807) is 54.6 Å². The quantitative estimate of drug-likeness (QED) is 0.350. The zero-order valence-electron chi connectivity index (χ0n) is 15.3. The number of carbonyl (C=O) groups excluding carboxylic acids is 1. The highest BCUT2D eigenvalue weighted by atomic mass is 35.5. The molecule has 1 aromatic heterocycles. The van der Waals surface area contributed by atoms with Crippen molar-refractivity contribution in [3.8, 4) is 22.8 Å². The Kier molecular flexibility index (Phi) is 5.23. The smallest absolute Gasteiger partial charge is 0.292 e. The Morgan fingerprint density at radius 1 is 0.967 bits per heavy atom. The van der Waals surface area contributed by atoms with E-state index in [9.17, 15) is 14.9 Å². The van der Waals surface area contributed by atoms with E-state index in [1.807, 2.05) is 0 Å². The van der Waals surface area contributed by atoms with Gasteiger partial charge in [0.25, 0.3) is 17.5 Å². The summed E-state index contributed by atoms with van der Waals surface area (Å²) in [7, 11) is 0. The molecule has 1 N–H and O–H groups in total. The molecule has 30 heavy (non-hydrogen) atoms. The number of rotatable bonds is 5. The molecule has 0 spiro atoms. The molecule has 0 unspecified atom stereocenters. The van der Waals surface area contributed by atoms with Crippen LogP contribution in [-0.4, -0.2) is 21.0 Å². The second-order valence-corrected chi connectivity index (χ2v) is 6.58. The number of anilines is 1. The van der Waals surface area contributed by atoms with Gasteiger partial charge in [0.2, 0.25) is 5.82 Å². The fourth-order valence-corrected chi connectivity index (χ4v) is 3.10. The molecule has 0 aliphatic rings. The number of aromatic nitrogens is 2. The number of para-hydroxylation sites is 2. The van der Waals surface area contributed by atoms with Gasteiger partial charge in [0, 0.05) is 11.6 Å². The lowest BCUT2D eigenvalue weighted by atomic mass is 10.1.